The number of ether oxygens (including phenoxy) is 1. The van der Waals surface area contributed by atoms with Gasteiger partial charge in [-0.25, -0.2) is 17.6 Å². The Balaban J connectivity index is 1.79. The molecule has 0 amide bonds. The standard InChI is InChI=1S/C26H17F5OS/c1-3-4-12-5-6-13-11-17-16-8-7-15(14-9-10-18(32-2)23(30)21(14)28)22(29)25(16)33-26(17)24(31)19(13)20(12)27/h5-11H,3-4H2,1-2H3. The molecule has 0 saturated heterocycles. The van der Waals surface area contributed by atoms with Crippen molar-refractivity contribution in [2.24, 2.45) is 0 Å². The number of hydrogen-bond donors (Lipinski definition) is 0. The van der Waals surface area contributed by atoms with Crippen molar-refractivity contribution in [2.45, 2.75) is 19.8 Å². The van der Waals surface area contributed by atoms with Gasteiger partial charge in [-0.3, -0.25) is 0 Å². The van der Waals surface area contributed by atoms with E-state index in [4.69, 9.17) is 4.74 Å². The molecule has 7 heteroatoms. The lowest BCUT2D eigenvalue weighted by Gasteiger charge is -2.09. The van der Waals surface area contributed by atoms with Crippen LogP contribution in [-0.2, 0) is 6.42 Å². The van der Waals surface area contributed by atoms with Crippen molar-refractivity contribution in [2.75, 3.05) is 7.11 Å². The molecule has 0 radical (unpaired) electrons. The highest BCUT2D eigenvalue weighted by molar-refractivity contribution is 7.26. The molecular formula is C26H17F5OS. The third kappa shape index (κ3) is 3.17. The Morgan fingerprint density at radius 2 is 1.42 bits per heavy atom. The summed E-state index contributed by atoms with van der Waals surface area (Å²) in [5.41, 5.74) is -0.00429. The SMILES string of the molecule is CCCc1ccc2cc3c(sc4c(F)c(-c5ccc(OC)c(F)c5F)ccc43)c(F)c2c1F. The Kier molecular flexibility index (Phi) is 5.24. The Bertz CT molecular complexity index is 1570. The molecule has 0 spiro atoms. The van der Waals surface area contributed by atoms with Crippen LogP contribution in [0.2, 0.25) is 0 Å². The number of methoxy groups -OCH3 is 1. The van der Waals surface area contributed by atoms with Crippen LogP contribution >= 0.6 is 11.3 Å². The van der Waals surface area contributed by atoms with Gasteiger partial charge in [0.25, 0.3) is 0 Å². The van der Waals surface area contributed by atoms with Crippen LogP contribution in [0.15, 0.2) is 42.5 Å². The van der Waals surface area contributed by atoms with Gasteiger partial charge in [0, 0.05) is 21.9 Å². The van der Waals surface area contributed by atoms with E-state index in [0.717, 1.165) is 11.3 Å². The molecule has 1 nitrogen and oxygen atoms in total. The summed E-state index contributed by atoms with van der Waals surface area (Å²) in [6.45, 7) is 1.91. The Hall–Kier alpha value is -3.19. The zero-order valence-electron chi connectivity index (χ0n) is 17.7. The van der Waals surface area contributed by atoms with Crippen LogP contribution < -0.4 is 4.74 Å². The summed E-state index contributed by atoms with van der Waals surface area (Å²) >= 11 is 0.827. The van der Waals surface area contributed by atoms with Gasteiger partial charge in [-0.15, -0.1) is 11.3 Å². The summed E-state index contributed by atoms with van der Waals surface area (Å²) in [5, 5.41) is 1.12. The van der Waals surface area contributed by atoms with Crippen molar-refractivity contribution < 1.29 is 26.7 Å². The van der Waals surface area contributed by atoms with Crippen molar-refractivity contribution in [3.8, 4) is 16.9 Å². The van der Waals surface area contributed by atoms with Crippen molar-refractivity contribution in [3.05, 3.63) is 77.1 Å². The molecule has 0 aliphatic heterocycles. The maximum absolute atomic E-state index is 15.5. The van der Waals surface area contributed by atoms with Crippen LogP contribution in [0.5, 0.6) is 5.75 Å². The van der Waals surface area contributed by atoms with Gasteiger partial charge in [0.05, 0.1) is 21.9 Å². The van der Waals surface area contributed by atoms with Gasteiger partial charge in [-0.2, -0.15) is 4.39 Å². The minimum atomic E-state index is -1.24. The lowest BCUT2D eigenvalue weighted by Crippen LogP contribution is -1.96. The van der Waals surface area contributed by atoms with Crippen molar-refractivity contribution in [1.29, 1.82) is 0 Å². The first-order valence-corrected chi connectivity index (χ1v) is 11.2. The second kappa shape index (κ2) is 7.99. The molecule has 0 saturated carbocycles. The number of fused-ring (bicyclic) bond motifs is 4. The average molecular weight is 472 g/mol. The van der Waals surface area contributed by atoms with E-state index in [1.165, 1.54) is 25.3 Å². The summed E-state index contributed by atoms with van der Waals surface area (Å²) in [6, 6.07) is 10.3. The highest BCUT2D eigenvalue weighted by Crippen LogP contribution is 2.43. The maximum Gasteiger partial charge on any atom is 0.201 e. The largest absolute Gasteiger partial charge is 0.494 e. The smallest absolute Gasteiger partial charge is 0.201 e. The van der Waals surface area contributed by atoms with Gasteiger partial charge < -0.3 is 4.74 Å². The first-order chi connectivity index (χ1) is 15.9. The lowest BCUT2D eigenvalue weighted by molar-refractivity contribution is 0.372. The Morgan fingerprint density at radius 3 is 2.15 bits per heavy atom. The zero-order valence-corrected chi connectivity index (χ0v) is 18.5. The molecule has 168 valence electrons. The van der Waals surface area contributed by atoms with E-state index in [0.29, 0.717) is 34.6 Å². The first kappa shape index (κ1) is 21.6. The van der Waals surface area contributed by atoms with Gasteiger partial charge in [-0.1, -0.05) is 37.6 Å². The molecule has 0 fully saturated rings. The minimum Gasteiger partial charge on any atom is -0.494 e. The number of benzene rings is 4. The van der Waals surface area contributed by atoms with Gasteiger partial charge >= 0.3 is 0 Å². The molecule has 1 heterocycles. The van der Waals surface area contributed by atoms with Gasteiger partial charge in [-0.05, 0) is 35.6 Å². The summed E-state index contributed by atoms with van der Waals surface area (Å²) in [6.07, 6.45) is 1.19. The molecule has 0 bridgehead atoms. The molecular weight excluding hydrogens is 455 g/mol. The predicted octanol–water partition coefficient (Wildman–Crippen LogP) is 8.53. The molecule has 1 aromatic heterocycles. The van der Waals surface area contributed by atoms with Gasteiger partial charge in [0.15, 0.2) is 17.4 Å². The zero-order chi connectivity index (χ0) is 23.4. The topological polar surface area (TPSA) is 9.23 Å². The maximum atomic E-state index is 15.5. The number of halogens is 5. The van der Waals surface area contributed by atoms with Crippen LogP contribution in [0.25, 0.3) is 42.1 Å². The van der Waals surface area contributed by atoms with Crippen molar-refractivity contribution in [1.82, 2.24) is 0 Å². The van der Waals surface area contributed by atoms with E-state index in [-0.39, 0.29) is 31.7 Å². The number of hydrogen-bond acceptors (Lipinski definition) is 2. The highest BCUT2D eigenvalue weighted by Gasteiger charge is 2.23. The third-order valence-corrected chi connectivity index (χ3v) is 7.09. The van der Waals surface area contributed by atoms with Crippen LogP contribution in [0.3, 0.4) is 0 Å². The second-order valence-corrected chi connectivity index (χ2v) is 8.82. The van der Waals surface area contributed by atoms with Crippen LogP contribution in [0.4, 0.5) is 22.0 Å². The fourth-order valence-electron chi connectivity index (χ4n) is 4.27. The average Bonchev–Trinajstić information content (AvgIpc) is 3.18. The van der Waals surface area contributed by atoms with Gasteiger partial charge in [0.2, 0.25) is 5.82 Å². The fraction of sp³-hybridized carbons (Fsp3) is 0.154. The summed E-state index contributed by atoms with van der Waals surface area (Å²) in [4.78, 5) is 0. The Morgan fingerprint density at radius 1 is 0.727 bits per heavy atom. The number of aryl methyl sites for hydroxylation is 1. The van der Waals surface area contributed by atoms with Crippen LogP contribution in [0, 0.1) is 29.1 Å². The predicted molar refractivity (Wildman–Crippen MR) is 123 cm³/mol. The molecule has 0 aliphatic rings. The van der Waals surface area contributed by atoms with Crippen LogP contribution in [-0.4, -0.2) is 7.11 Å². The fourth-order valence-corrected chi connectivity index (χ4v) is 5.43. The van der Waals surface area contributed by atoms with Crippen LogP contribution in [0.1, 0.15) is 18.9 Å². The molecule has 0 N–H and O–H groups in total. The Labute approximate surface area is 190 Å². The number of rotatable bonds is 4. The normalized spacial score (nSPS) is 11.7. The quantitative estimate of drug-likeness (QED) is 0.238. The third-order valence-electron chi connectivity index (χ3n) is 5.89. The van der Waals surface area contributed by atoms with Crippen molar-refractivity contribution in [3.63, 3.8) is 0 Å². The van der Waals surface area contributed by atoms with E-state index in [1.54, 1.807) is 24.3 Å². The van der Waals surface area contributed by atoms with E-state index in [2.05, 4.69) is 0 Å². The monoisotopic (exact) mass is 472 g/mol. The van der Waals surface area contributed by atoms with Gasteiger partial charge in [0.1, 0.15) is 11.6 Å². The van der Waals surface area contributed by atoms with E-state index in [9.17, 15) is 8.78 Å². The molecule has 5 rings (SSSR count). The molecule has 5 aromatic rings. The lowest BCUT2D eigenvalue weighted by atomic mass is 9.99. The molecule has 33 heavy (non-hydrogen) atoms. The molecule has 0 unspecified atom stereocenters. The summed E-state index contributed by atoms with van der Waals surface area (Å²) in [5.74, 6) is -4.91. The summed E-state index contributed by atoms with van der Waals surface area (Å²) < 4.78 is 79.7. The summed E-state index contributed by atoms with van der Waals surface area (Å²) in [7, 11) is 1.20. The second-order valence-electron chi connectivity index (χ2n) is 7.80. The van der Waals surface area contributed by atoms with E-state index >= 15 is 13.2 Å². The highest BCUT2D eigenvalue weighted by atomic mass is 32.1. The first-order valence-electron chi connectivity index (χ1n) is 10.3. The van der Waals surface area contributed by atoms with E-state index in [1.807, 2.05) is 6.92 Å². The van der Waals surface area contributed by atoms with E-state index < -0.39 is 29.1 Å². The molecule has 0 atom stereocenters. The number of thiophene rings is 1. The van der Waals surface area contributed by atoms with Crippen molar-refractivity contribution >= 4 is 42.3 Å². The minimum absolute atomic E-state index is 0.0847. The molecule has 0 aliphatic carbocycles. The molecule has 4 aromatic carbocycles.